The predicted octanol–water partition coefficient (Wildman–Crippen LogP) is 3.96. The van der Waals surface area contributed by atoms with E-state index in [9.17, 15) is 4.79 Å². The molecule has 0 aromatic heterocycles. The summed E-state index contributed by atoms with van der Waals surface area (Å²) < 4.78 is 10.9. The van der Waals surface area contributed by atoms with Crippen molar-refractivity contribution in [1.82, 2.24) is 0 Å². The Hall–Kier alpha value is -2.29. The molecule has 0 radical (unpaired) electrons. The quantitative estimate of drug-likeness (QED) is 0.780. The SMILES string of the molecule is COc1cccc(OC(C)C(=O)c2ccc(C)c(C)c2)c1. The number of ketones is 1. The van der Waals surface area contributed by atoms with Crippen molar-refractivity contribution in [2.75, 3.05) is 7.11 Å². The van der Waals surface area contributed by atoms with Crippen LogP contribution in [-0.2, 0) is 0 Å². The van der Waals surface area contributed by atoms with Gasteiger partial charge in [-0.2, -0.15) is 0 Å². The molecule has 2 aromatic rings. The van der Waals surface area contributed by atoms with E-state index in [1.165, 1.54) is 5.56 Å². The molecule has 0 N–H and O–H groups in total. The molecule has 2 rings (SSSR count). The molecule has 1 atom stereocenters. The molecule has 0 aliphatic carbocycles. The van der Waals surface area contributed by atoms with E-state index in [0.717, 1.165) is 5.56 Å². The molecule has 110 valence electrons. The van der Waals surface area contributed by atoms with Crippen molar-refractivity contribution in [2.45, 2.75) is 26.9 Å². The fourth-order valence-corrected chi connectivity index (χ4v) is 2.06. The number of carbonyl (C=O) groups is 1. The van der Waals surface area contributed by atoms with Gasteiger partial charge in [-0.1, -0.05) is 18.2 Å². The topological polar surface area (TPSA) is 35.5 Å². The molecule has 0 fully saturated rings. The van der Waals surface area contributed by atoms with E-state index in [2.05, 4.69) is 0 Å². The molecule has 3 nitrogen and oxygen atoms in total. The number of benzene rings is 2. The summed E-state index contributed by atoms with van der Waals surface area (Å²) in [5, 5.41) is 0. The Bertz CT molecular complexity index is 647. The van der Waals surface area contributed by atoms with E-state index in [1.807, 2.05) is 50.2 Å². The second-order valence-electron chi connectivity index (χ2n) is 5.10. The number of rotatable bonds is 5. The van der Waals surface area contributed by atoms with Crippen LogP contribution in [0.2, 0.25) is 0 Å². The summed E-state index contributed by atoms with van der Waals surface area (Å²) in [5.74, 6) is 1.30. The summed E-state index contributed by atoms with van der Waals surface area (Å²) in [7, 11) is 1.60. The molecule has 0 amide bonds. The average Bonchev–Trinajstić information content (AvgIpc) is 2.49. The van der Waals surface area contributed by atoms with Gasteiger partial charge in [-0.15, -0.1) is 0 Å². The Kier molecular flexibility index (Phi) is 4.63. The molecule has 21 heavy (non-hydrogen) atoms. The number of carbonyl (C=O) groups excluding carboxylic acids is 1. The van der Waals surface area contributed by atoms with Crippen LogP contribution in [0.15, 0.2) is 42.5 Å². The van der Waals surface area contributed by atoms with Crippen molar-refractivity contribution in [3.8, 4) is 11.5 Å². The summed E-state index contributed by atoms with van der Waals surface area (Å²) >= 11 is 0. The Balaban J connectivity index is 2.13. The number of Topliss-reactive ketones (excluding diaryl/α,β-unsaturated/α-hetero) is 1. The van der Waals surface area contributed by atoms with Crippen LogP contribution in [0, 0.1) is 13.8 Å². The highest BCUT2D eigenvalue weighted by molar-refractivity contribution is 5.99. The second-order valence-corrected chi connectivity index (χ2v) is 5.10. The van der Waals surface area contributed by atoms with Gasteiger partial charge in [0.2, 0.25) is 5.78 Å². The first kappa shape index (κ1) is 15.1. The van der Waals surface area contributed by atoms with Crippen LogP contribution in [0.5, 0.6) is 11.5 Å². The van der Waals surface area contributed by atoms with E-state index in [1.54, 1.807) is 20.1 Å². The molecular formula is C18H20O3. The van der Waals surface area contributed by atoms with Gasteiger partial charge in [0, 0.05) is 11.6 Å². The van der Waals surface area contributed by atoms with E-state index in [0.29, 0.717) is 17.1 Å². The number of hydrogen-bond acceptors (Lipinski definition) is 3. The zero-order valence-corrected chi connectivity index (χ0v) is 12.8. The third-order valence-electron chi connectivity index (χ3n) is 3.51. The van der Waals surface area contributed by atoms with E-state index in [-0.39, 0.29) is 5.78 Å². The van der Waals surface area contributed by atoms with Gasteiger partial charge in [-0.25, -0.2) is 0 Å². The van der Waals surface area contributed by atoms with Gasteiger partial charge >= 0.3 is 0 Å². The fourth-order valence-electron chi connectivity index (χ4n) is 2.06. The molecule has 0 saturated carbocycles. The molecule has 0 bridgehead atoms. The molecular weight excluding hydrogens is 264 g/mol. The molecule has 3 heteroatoms. The Morgan fingerprint density at radius 1 is 1.00 bits per heavy atom. The molecule has 0 aliphatic rings. The van der Waals surface area contributed by atoms with E-state index >= 15 is 0 Å². The molecule has 0 heterocycles. The van der Waals surface area contributed by atoms with Crippen molar-refractivity contribution in [3.63, 3.8) is 0 Å². The van der Waals surface area contributed by atoms with Gasteiger partial charge in [0.1, 0.15) is 11.5 Å². The Morgan fingerprint density at radius 2 is 1.71 bits per heavy atom. The van der Waals surface area contributed by atoms with E-state index in [4.69, 9.17) is 9.47 Å². The first-order valence-electron chi connectivity index (χ1n) is 6.93. The largest absolute Gasteiger partial charge is 0.497 e. The number of methoxy groups -OCH3 is 1. The third-order valence-corrected chi connectivity index (χ3v) is 3.51. The standard InChI is InChI=1S/C18H20O3/c1-12-8-9-15(10-13(12)2)18(19)14(3)21-17-7-5-6-16(11-17)20-4/h5-11,14H,1-4H3. The van der Waals surface area contributed by atoms with Crippen molar-refractivity contribution in [3.05, 3.63) is 59.2 Å². The molecule has 1 unspecified atom stereocenters. The smallest absolute Gasteiger partial charge is 0.203 e. The summed E-state index contributed by atoms with van der Waals surface area (Å²) in [6.07, 6.45) is -0.542. The summed E-state index contributed by atoms with van der Waals surface area (Å²) in [4.78, 5) is 12.4. The number of hydrogen-bond donors (Lipinski definition) is 0. The van der Waals surface area contributed by atoms with Gasteiger partial charge in [0.25, 0.3) is 0 Å². The normalized spacial score (nSPS) is 11.8. The molecule has 0 saturated heterocycles. The lowest BCUT2D eigenvalue weighted by atomic mass is 10.0. The molecule has 0 spiro atoms. The van der Waals surface area contributed by atoms with Gasteiger partial charge < -0.3 is 9.47 Å². The van der Waals surface area contributed by atoms with Crippen LogP contribution in [0.1, 0.15) is 28.4 Å². The van der Waals surface area contributed by atoms with Gasteiger partial charge in [0.15, 0.2) is 6.10 Å². The summed E-state index contributed by atoms with van der Waals surface area (Å²) in [5.41, 5.74) is 2.95. The van der Waals surface area contributed by atoms with Gasteiger partial charge in [-0.05, 0) is 50.1 Å². The lowest BCUT2D eigenvalue weighted by molar-refractivity contribution is 0.0817. The van der Waals surface area contributed by atoms with Crippen molar-refractivity contribution < 1.29 is 14.3 Å². The monoisotopic (exact) mass is 284 g/mol. The number of ether oxygens (including phenoxy) is 2. The molecule has 2 aromatic carbocycles. The lowest BCUT2D eigenvalue weighted by Gasteiger charge is -2.15. The maximum atomic E-state index is 12.4. The lowest BCUT2D eigenvalue weighted by Crippen LogP contribution is -2.24. The van der Waals surface area contributed by atoms with Crippen molar-refractivity contribution >= 4 is 5.78 Å². The van der Waals surface area contributed by atoms with Crippen molar-refractivity contribution in [2.24, 2.45) is 0 Å². The highest BCUT2D eigenvalue weighted by Crippen LogP contribution is 2.21. The number of aryl methyl sites for hydroxylation is 2. The Labute approximate surface area is 125 Å². The third kappa shape index (κ3) is 3.63. The molecule has 0 aliphatic heterocycles. The fraction of sp³-hybridized carbons (Fsp3) is 0.278. The van der Waals surface area contributed by atoms with Crippen molar-refractivity contribution in [1.29, 1.82) is 0 Å². The maximum absolute atomic E-state index is 12.4. The summed E-state index contributed by atoms with van der Waals surface area (Å²) in [6.45, 7) is 5.79. The van der Waals surface area contributed by atoms with Crippen LogP contribution >= 0.6 is 0 Å². The zero-order chi connectivity index (χ0) is 15.4. The van der Waals surface area contributed by atoms with Crippen LogP contribution in [-0.4, -0.2) is 19.0 Å². The van der Waals surface area contributed by atoms with Crippen LogP contribution < -0.4 is 9.47 Å². The highest BCUT2D eigenvalue weighted by atomic mass is 16.5. The van der Waals surface area contributed by atoms with Crippen LogP contribution in [0.25, 0.3) is 0 Å². The average molecular weight is 284 g/mol. The highest BCUT2D eigenvalue weighted by Gasteiger charge is 2.17. The van der Waals surface area contributed by atoms with Crippen LogP contribution in [0.3, 0.4) is 0 Å². The second kappa shape index (κ2) is 6.44. The van der Waals surface area contributed by atoms with E-state index < -0.39 is 6.10 Å². The van der Waals surface area contributed by atoms with Gasteiger partial charge in [0.05, 0.1) is 7.11 Å². The van der Waals surface area contributed by atoms with Crippen LogP contribution in [0.4, 0.5) is 0 Å². The predicted molar refractivity (Wildman–Crippen MR) is 83.3 cm³/mol. The minimum atomic E-state index is -0.542. The zero-order valence-electron chi connectivity index (χ0n) is 12.8. The first-order valence-corrected chi connectivity index (χ1v) is 6.93. The maximum Gasteiger partial charge on any atom is 0.203 e. The first-order chi connectivity index (χ1) is 10.0. The minimum Gasteiger partial charge on any atom is -0.497 e. The Morgan fingerprint density at radius 3 is 2.38 bits per heavy atom. The minimum absolute atomic E-state index is 0.0269. The summed E-state index contributed by atoms with van der Waals surface area (Å²) in [6, 6.07) is 13.0. The van der Waals surface area contributed by atoms with Gasteiger partial charge in [-0.3, -0.25) is 4.79 Å².